The molecule has 0 aliphatic rings. The molecule has 0 saturated carbocycles. The van der Waals surface area contributed by atoms with Gasteiger partial charge >= 0.3 is 0 Å². The summed E-state index contributed by atoms with van der Waals surface area (Å²) in [5.74, 6) is -0.0951. The van der Waals surface area contributed by atoms with E-state index in [0.29, 0.717) is 37.6 Å². The molecule has 1 aromatic carbocycles. The minimum Gasteiger partial charge on any atom is -0.298 e. The van der Waals surface area contributed by atoms with Gasteiger partial charge in [-0.25, -0.2) is 9.97 Å². The number of nitrogens with zero attached hydrogens (tertiary/aromatic N) is 4. The molecule has 4 rings (SSSR count). The van der Waals surface area contributed by atoms with Gasteiger partial charge < -0.3 is 0 Å². The summed E-state index contributed by atoms with van der Waals surface area (Å²) in [4.78, 5) is 36.9. The Morgan fingerprint density at radius 1 is 1.23 bits per heavy atom. The van der Waals surface area contributed by atoms with Crippen molar-refractivity contribution in [1.82, 2.24) is 14.5 Å². The third-order valence-corrected chi connectivity index (χ3v) is 6.93. The van der Waals surface area contributed by atoms with Crippen LogP contribution in [0.5, 0.6) is 0 Å². The minimum atomic E-state index is -0.130. The molecular weight excluding hydrogens is 475 g/mol. The standard InChI is InChI=1S/C21H18Cl2N4O2S2/c1-2-7-27(21-25-17(11-31-21)14-4-3-13(22)10-16(14)23)18(28)5-8-26-12-24-19-15(20(26)29)6-9-30-19/h3-4,6,9-12H,2,5,7-8H2,1H3. The van der Waals surface area contributed by atoms with Crippen molar-refractivity contribution in [1.29, 1.82) is 0 Å². The highest BCUT2D eigenvalue weighted by atomic mass is 35.5. The Morgan fingerprint density at radius 3 is 2.84 bits per heavy atom. The van der Waals surface area contributed by atoms with E-state index < -0.39 is 0 Å². The first-order chi connectivity index (χ1) is 15.0. The number of benzene rings is 1. The van der Waals surface area contributed by atoms with Gasteiger partial charge in [0.1, 0.15) is 4.83 Å². The summed E-state index contributed by atoms with van der Waals surface area (Å²) in [6.07, 6.45) is 2.46. The number of amides is 1. The van der Waals surface area contributed by atoms with E-state index in [1.807, 2.05) is 23.8 Å². The predicted octanol–water partition coefficient (Wildman–Crippen LogP) is 5.72. The summed E-state index contributed by atoms with van der Waals surface area (Å²) >= 11 is 15.1. The number of hydrogen-bond acceptors (Lipinski definition) is 6. The van der Waals surface area contributed by atoms with Crippen LogP contribution in [0.25, 0.3) is 21.5 Å². The maximum absolute atomic E-state index is 13.0. The van der Waals surface area contributed by atoms with Crippen LogP contribution in [-0.4, -0.2) is 27.0 Å². The molecule has 4 aromatic rings. The van der Waals surface area contributed by atoms with Crippen molar-refractivity contribution in [3.05, 3.63) is 61.8 Å². The fourth-order valence-corrected chi connectivity index (χ4v) is 5.26. The van der Waals surface area contributed by atoms with Crippen molar-refractivity contribution in [2.24, 2.45) is 0 Å². The molecule has 0 saturated heterocycles. The van der Waals surface area contributed by atoms with E-state index in [1.165, 1.54) is 33.6 Å². The van der Waals surface area contributed by atoms with Gasteiger partial charge in [0.25, 0.3) is 5.56 Å². The van der Waals surface area contributed by atoms with E-state index in [1.54, 1.807) is 23.1 Å². The number of hydrogen-bond donors (Lipinski definition) is 0. The second-order valence-corrected chi connectivity index (χ2v) is 9.39. The smallest absolute Gasteiger partial charge is 0.262 e. The summed E-state index contributed by atoms with van der Waals surface area (Å²) in [6.45, 7) is 2.80. The van der Waals surface area contributed by atoms with Crippen LogP contribution in [0, 0.1) is 0 Å². The van der Waals surface area contributed by atoms with Gasteiger partial charge in [-0.1, -0.05) is 30.1 Å². The van der Waals surface area contributed by atoms with Crippen molar-refractivity contribution >= 4 is 67.1 Å². The van der Waals surface area contributed by atoms with Gasteiger partial charge in [0.15, 0.2) is 5.13 Å². The van der Waals surface area contributed by atoms with Gasteiger partial charge in [0.2, 0.25) is 5.91 Å². The molecule has 3 aromatic heterocycles. The first-order valence-electron chi connectivity index (χ1n) is 9.62. The first kappa shape index (κ1) is 22.0. The summed E-state index contributed by atoms with van der Waals surface area (Å²) < 4.78 is 1.48. The number of carbonyl (C=O) groups excluding carboxylic acids is 1. The number of halogens is 2. The topological polar surface area (TPSA) is 68.1 Å². The third-order valence-electron chi connectivity index (χ3n) is 4.70. The van der Waals surface area contributed by atoms with Gasteiger partial charge in [-0.15, -0.1) is 22.7 Å². The Kier molecular flexibility index (Phi) is 6.71. The molecule has 0 aliphatic carbocycles. The lowest BCUT2D eigenvalue weighted by Gasteiger charge is -2.19. The Bertz CT molecular complexity index is 1300. The zero-order chi connectivity index (χ0) is 22.0. The van der Waals surface area contributed by atoms with E-state index in [9.17, 15) is 9.59 Å². The summed E-state index contributed by atoms with van der Waals surface area (Å²) in [5.41, 5.74) is 1.33. The van der Waals surface area contributed by atoms with Crippen LogP contribution in [-0.2, 0) is 11.3 Å². The zero-order valence-corrected chi connectivity index (χ0v) is 19.7. The Labute approximate surface area is 196 Å². The van der Waals surface area contributed by atoms with Crippen molar-refractivity contribution in [3.8, 4) is 11.3 Å². The number of rotatable bonds is 7. The lowest BCUT2D eigenvalue weighted by Crippen LogP contribution is -2.33. The maximum Gasteiger partial charge on any atom is 0.262 e. The first-order valence-corrected chi connectivity index (χ1v) is 12.1. The fraction of sp³-hybridized carbons (Fsp3) is 0.238. The largest absolute Gasteiger partial charge is 0.298 e. The van der Waals surface area contributed by atoms with Crippen molar-refractivity contribution in [2.75, 3.05) is 11.4 Å². The second-order valence-electron chi connectivity index (χ2n) is 6.82. The molecule has 31 heavy (non-hydrogen) atoms. The Morgan fingerprint density at radius 2 is 2.06 bits per heavy atom. The number of aryl methyl sites for hydroxylation is 1. The monoisotopic (exact) mass is 492 g/mol. The number of fused-ring (bicyclic) bond motifs is 1. The molecule has 0 spiro atoms. The van der Waals surface area contributed by atoms with Crippen LogP contribution in [0.15, 0.2) is 46.1 Å². The zero-order valence-electron chi connectivity index (χ0n) is 16.5. The number of thiophene rings is 1. The van der Waals surface area contributed by atoms with E-state index in [2.05, 4.69) is 9.97 Å². The molecule has 3 heterocycles. The fourth-order valence-electron chi connectivity index (χ4n) is 3.16. The predicted molar refractivity (Wildman–Crippen MR) is 129 cm³/mol. The van der Waals surface area contributed by atoms with Crippen LogP contribution in [0.3, 0.4) is 0 Å². The molecule has 6 nitrogen and oxygen atoms in total. The average molecular weight is 493 g/mol. The minimum absolute atomic E-state index is 0.0951. The SMILES string of the molecule is CCCN(C(=O)CCn1cnc2sccc2c1=O)c1nc(-c2ccc(Cl)cc2Cl)cs1. The van der Waals surface area contributed by atoms with Gasteiger partial charge in [-0.05, 0) is 36.1 Å². The summed E-state index contributed by atoms with van der Waals surface area (Å²) in [7, 11) is 0. The molecule has 0 fully saturated rings. The van der Waals surface area contributed by atoms with E-state index >= 15 is 0 Å². The Balaban J connectivity index is 1.53. The summed E-state index contributed by atoms with van der Waals surface area (Å²) in [5, 5.41) is 5.95. The van der Waals surface area contributed by atoms with Gasteiger partial charge in [0.05, 0.1) is 22.4 Å². The van der Waals surface area contributed by atoms with Gasteiger partial charge in [-0.2, -0.15) is 0 Å². The third kappa shape index (κ3) is 4.67. The van der Waals surface area contributed by atoms with Gasteiger partial charge in [-0.3, -0.25) is 19.1 Å². The number of thiazole rings is 1. The molecule has 10 heteroatoms. The highest BCUT2D eigenvalue weighted by Gasteiger charge is 2.20. The van der Waals surface area contributed by atoms with E-state index in [4.69, 9.17) is 23.2 Å². The quantitative estimate of drug-likeness (QED) is 0.330. The molecule has 0 unspecified atom stereocenters. The van der Waals surface area contributed by atoms with Crippen LogP contribution in [0.2, 0.25) is 10.0 Å². The molecule has 0 atom stereocenters. The maximum atomic E-state index is 13.0. The van der Waals surface area contributed by atoms with Gasteiger partial charge in [0, 0.05) is 35.5 Å². The molecule has 0 bridgehead atoms. The average Bonchev–Trinajstić information content (AvgIpc) is 3.41. The van der Waals surface area contributed by atoms with Crippen LogP contribution in [0.1, 0.15) is 19.8 Å². The Hall–Kier alpha value is -2.26. The molecule has 1 amide bonds. The summed E-state index contributed by atoms with van der Waals surface area (Å²) in [6, 6.07) is 7.00. The van der Waals surface area contributed by atoms with Crippen LogP contribution in [0.4, 0.5) is 5.13 Å². The highest BCUT2D eigenvalue weighted by Crippen LogP contribution is 2.33. The van der Waals surface area contributed by atoms with Crippen molar-refractivity contribution < 1.29 is 4.79 Å². The molecule has 160 valence electrons. The molecule has 0 aliphatic heterocycles. The molecular formula is C21H18Cl2N4O2S2. The second kappa shape index (κ2) is 9.48. The van der Waals surface area contributed by atoms with Crippen LogP contribution < -0.4 is 10.5 Å². The lowest BCUT2D eigenvalue weighted by molar-refractivity contribution is -0.118. The molecule has 0 radical (unpaired) electrons. The lowest BCUT2D eigenvalue weighted by atomic mass is 10.2. The number of aromatic nitrogens is 3. The highest BCUT2D eigenvalue weighted by molar-refractivity contribution is 7.16. The van der Waals surface area contributed by atoms with Crippen LogP contribution >= 0.6 is 45.9 Å². The van der Waals surface area contributed by atoms with E-state index in [-0.39, 0.29) is 24.4 Å². The van der Waals surface area contributed by atoms with Crippen molar-refractivity contribution in [2.45, 2.75) is 26.3 Å². The van der Waals surface area contributed by atoms with Crippen molar-refractivity contribution in [3.63, 3.8) is 0 Å². The molecule has 0 N–H and O–H groups in total. The number of anilines is 1. The normalized spacial score (nSPS) is 11.2. The number of carbonyl (C=O) groups is 1. The van der Waals surface area contributed by atoms with E-state index in [0.717, 1.165) is 12.0 Å².